The van der Waals surface area contributed by atoms with Crippen molar-refractivity contribution in [3.63, 3.8) is 0 Å². The standard InChI is InChI=1S/C23H25N5O/c1-15-12-20(17-8-10-24-11-9-17)22-26-16(2)21(28(22)27-15)18-6-7-19(25-14-18)13-23(3,4)29-5/h6-12,14H,13H2,1-5H3. The van der Waals surface area contributed by atoms with Gasteiger partial charge in [-0.05, 0) is 63.6 Å². The maximum atomic E-state index is 5.52. The summed E-state index contributed by atoms with van der Waals surface area (Å²) < 4.78 is 7.45. The number of hydrogen-bond donors (Lipinski definition) is 0. The molecule has 6 nitrogen and oxygen atoms in total. The summed E-state index contributed by atoms with van der Waals surface area (Å²) in [5, 5.41) is 4.74. The van der Waals surface area contributed by atoms with Crippen LogP contribution in [0.4, 0.5) is 0 Å². The minimum absolute atomic E-state index is 0.244. The molecule has 0 atom stereocenters. The highest BCUT2D eigenvalue weighted by Crippen LogP contribution is 2.30. The van der Waals surface area contributed by atoms with Crippen molar-refractivity contribution in [3.8, 4) is 22.4 Å². The van der Waals surface area contributed by atoms with Gasteiger partial charge in [-0.25, -0.2) is 9.50 Å². The van der Waals surface area contributed by atoms with E-state index in [1.807, 2.05) is 36.7 Å². The molecule has 0 fully saturated rings. The number of ether oxygens (including phenoxy) is 1. The number of hydrogen-bond acceptors (Lipinski definition) is 5. The van der Waals surface area contributed by atoms with Crippen LogP contribution in [0.25, 0.3) is 28.0 Å². The lowest BCUT2D eigenvalue weighted by Gasteiger charge is -2.22. The second-order valence-electron chi connectivity index (χ2n) is 7.90. The summed E-state index contributed by atoms with van der Waals surface area (Å²) in [6, 6.07) is 10.2. The van der Waals surface area contributed by atoms with E-state index in [9.17, 15) is 0 Å². The van der Waals surface area contributed by atoms with Gasteiger partial charge in [0.05, 0.1) is 22.7 Å². The van der Waals surface area contributed by atoms with Crippen LogP contribution < -0.4 is 0 Å². The topological polar surface area (TPSA) is 65.2 Å². The van der Waals surface area contributed by atoms with Crippen LogP contribution >= 0.6 is 0 Å². The van der Waals surface area contributed by atoms with E-state index in [4.69, 9.17) is 14.8 Å². The van der Waals surface area contributed by atoms with Gasteiger partial charge in [0.1, 0.15) is 0 Å². The molecule has 0 N–H and O–H groups in total. The third kappa shape index (κ3) is 3.76. The summed E-state index contributed by atoms with van der Waals surface area (Å²) in [6.45, 7) is 8.13. The Morgan fingerprint density at radius 3 is 2.45 bits per heavy atom. The highest BCUT2D eigenvalue weighted by Gasteiger charge is 2.20. The average molecular weight is 387 g/mol. The largest absolute Gasteiger partial charge is 0.378 e. The van der Waals surface area contributed by atoms with Crippen molar-refractivity contribution >= 4 is 5.65 Å². The Bertz CT molecular complexity index is 1150. The molecule has 148 valence electrons. The Balaban J connectivity index is 1.81. The molecular formula is C23H25N5O. The minimum atomic E-state index is -0.244. The zero-order chi connectivity index (χ0) is 20.6. The molecular weight excluding hydrogens is 362 g/mol. The van der Waals surface area contributed by atoms with Crippen LogP contribution in [-0.2, 0) is 11.2 Å². The summed E-state index contributed by atoms with van der Waals surface area (Å²) in [6.07, 6.45) is 6.23. The normalized spacial score (nSPS) is 11.9. The second-order valence-corrected chi connectivity index (χ2v) is 7.90. The highest BCUT2D eigenvalue weighted by atomic mass is 16.5. The molecule has 0 saturated carbocycles. The lowest BCUT2D eigenvalue weighted by atomic mass is 10.0. The van der Waals surface area contributed by atoms with E-state index in [2.05, 4.69) is 42.0 Å². The molecule has 4 rings (SSSR count). The monoisotopic (exact) mass is 387 g/mol. The van der Waals surface area contributed by atoms with Crippen molar-refractivity contribution in [2.45, 2.75) is 39.7 Å². The van der Waals surface area contributed by atoms with Gasteiger partial charge in [-0.2, -0.15) is 5.10 Å². The molecule has 29 heavy (non-hydrogen) atoms. The third-order valence-corrected chi connectivity index (χ3v) is 5.13. The molecule has 4 aromatic heterocycles. The first-order valence-electron chi connectivity index (χ1n) is 9.66. The molecule has 4 aromatic rings. The smallest absolute Gasteiger partial charge is 0.162 e. The predicted molar refractivity (Wildman–Crippen MR) is 114 cm³/mol. The second kappa shape index (κ2) is 7.37. The van der Waals surface area contributed by atoms with Gasteiger partial charge in [-0.3, -0.25) is 9.97 Å². The van der Waals surface area contributed by atoms with E-state index in [-0.39, 0.29) is 5.60 Å². The lowest BCUT2D eigenvalue weighted by Crippen LogP contribution is -2.25. The summed E-state index contributed by atoms with van der Waals surface area (Å²) in [5.41, 5.74) is 7.50. The summed E-state index contributed by atoms with van der Waals surface area (Å²) >= 11 is 0. The van der Waals surface area contributed by atoms with Gasteiger partial charge in [-0.15, -0.1) is 0 Å². The zero-order valence-electron chi connectivity index (χ0n) is 17.5. The molecule has 0 aliphatic heterocycles. The van der Waals surface area contributed by atoms with Gasteiger partial charge in [0, 0.05) is 48.9 Å². The van der Waals surface area contributed by atoms with Crippen LogP contribution in [0.2, 0.25) is 0 Å². The van der Waals surface area contributed by atoms with Gasteiger partial charge in [-0.1, -0.05) is 0 Å². The molecule has 0 amide bonds. The Kier molecular flexibility index (Phi) is 4.88. The number of fused-ring (bicyclic) bond motifs is 1. The summed E-state index contributed by atoms with van der Waals surface area (Å²) in [5.74, 6) is 0. The summed E-state index contributed by atoms with van der Waals surface area (Å²) in [7, 11) is 1.73. The molecule has 0 unspecified atom stereocenters. The minimum Gasteiger partial charge on any atom is -0.378 e. The Labute approximate surface area is 170 Å². The lowest BCUT2D eigenvalue weighted by molar-refractivity contribution is 0.0224. The molecule has 0 aliphatic carbocycles. The number of aryl methyl sites for hydroxylation is 2. The number of aromatic nitrogens is 5. The SMILES string of the molecule is COC(C)(C)Cc1ccc(-c2c(C)nc3c(-c4ccncc4)cc(C)nn23)cn1. The van der Waals surface area contributed by atoms with E-state index in [1.54, 1.807) is 19.5 Å². The van der Waals surface area contributed by atoms with Crippen LogP contribution in [-0.4, -0.2) is 37.3 Å². The van der Waals surface area contributed by atoms with Crippen molar-refractivity contribution in [1.29, 1.82) is 0 Å². The van der Waals surface area contributed by atoms with Crippen LogP contribution in [0.5, 0.6) is 0 Å². The maximum Gasteiger partial charge on any atom is 0.162 e. The fraction of sp³-hybridized carbons (Fsp3) is 0.304. The van der Waals surface area contributed by atoms with Crippen LogP contribution in [0, 0.1) is 13.8 Å². The number of nitrogens with zero attached hydrogens (tertiary/aromatic N) is 5. The van der Waals surface area contributed by atoms with Gasteiger partial charge < -0.3 is 4.74 Å². The number of pyridine rings is 2. The van der Waals surface area contributed by atoms with Gasteiger partial charge in [0.2, 0.25) is 0 Å². The fourth-order valence-corrected chi connectivity index (χ4v) is 3.50. The van der Waals surface area contributed by atoms with Crippen LogP contribution in [0.15, 0.2) is 48.9 Å². The van der Waals surface area contributed by atoms with Gasteiger partial charge in [0.25, 0.3) is 0 Å². The number of rotatable bonds is 5. The Morgan fingerprint density at radius 1 is 1.03 bits per heavy atom. The predicted octanol–water partition coefficient (Wildman–Crippen LogP) is 4.44. The van der Waals surface area contributed by atoms with Crippen molar-refractivity contribution < 1.29 is 4.74 Å². The molecule has 0 radical (unpaired) electrons. The molecule has 0 aliphatic rings. The van der Waals surface area contributed by atoms with Crippen molar-refractivity contribution in [1.82, 2.24) is 24.6 Å². The number of methoxy groups -OCH3 is 1. The van der Waals surface area contributed by atoms with Gasteiger partial charge in [0.15, 0.2) is 5.65 Å². The molecule has 0 bridgehead atoms. The van der Waals surface area contributed by atoms with E-state index >= 15 is 0 Å². The van der Waals surface area contributed by atoms with E-state index < -0.39 is 0 Å². The van der Waals surface area contributed by atoms with Crippen molar-refractivity contribution in [3.05, 3.63) is 66.0 Å². The summed E-state index contributed by atoms with van der Waals surface area (Å²) in [4.78, 5) is 13.6. The van der Waals surface area contributed by atoms with Crippen LogP contribution in [0.3, 0.4) is 0 Å². The van der Waals surface area contributed by atoms with E-state index in [1.165, 1.54) is 0 Å². The third-order valence-electron chi connectivity index (χ3n) is 5.13. The Hall–Kier alpha value is -3.12. The fourth-order valence-electron chi connectivity index (χ4n) is 3.50. The van der Waals surface area contributed by atoms with Gasteiger partial charge >= 0.3 is 0 Å². The zero-order valence-corrected chi connectivity index (χ0v) is 17.5. The van der Waals surface area contributed by atoms with Crippen molar-refractivity contribution in [2.75, 3.05) is 7.11 Å². The first-order valence-corrected chi connectivity index (χ1v) is 9.66. The first kappa shape index (κ1) is 19.2. The van der Waals surface area contributed by atoms with Crippen LogP contribution in [0.1, 0.15) is 30.9 Å². The molecule has 4 heterocycles. The first-order chi connectivity index (χ1) is 13.9. The average Bonchev–Trinajstić information content (AvgIpc) is 3.04. The number of imidazole rings is 1. The van der Waals surface area contributed by atoms with E-state index in [0.29, 0.717) is 0 Å². The molecule has 0 saturated heterocycles. The quantitative estimate of drug-likeness (QED) is 0.507. The molecule has 0 spiro atoms. The molecule has 6 heteroatoms. The Morgan fingerprint density at radius 2 is 1.79 bits per heavy atom. The maximum absolute atomic E-state index is 5.52. The molecule has 0 aromatic carbocycles. The highest BCUT2D eigenvalue weighted by molar-refractivity contribution is 5.80. The van der Waals surface area contributed by atoms with E-state index in [0.717, 1.165) is 51.5 Å². The van der Waals surface area contributed by atoms with Crippen molar-refractivity contribution in [2.24, 2.45) is 0 Å².